The Bertz CT molecular complexity index is 651. The Morgan fingerprint density at radius 2 is 2.00 bits per heavy atom. The molecule has 0 saturated heterocycles. The third kappa shape index (κ3) is 5.06. The lowest BCUT2D eigenvalue weighted by atomic mass is 9.68. The van der Waals surface area contributed by atoms with Gasteiger partial charge in [-0.25, -0.2) is 0 Å². The van der Waals surface area contributed by atoms with Gasteiger partial charge in [0.15, 0.2) is 0 Å². The highest BCUT2D eigenvalue weighted by atomic mass is 31.1. The maximum atomic E-state index is 9.43. The molecule has 152 valence electrons. The lowest BCUT2D eigenvalue weighted by Gasteiger charge is -2.46. The van der Waals surface area contributed by atoms with Crippen LogP contribution >= 0.6 is 9.03 Å². The van der Waals surface area contributed by atoms with Gasteiger partial charge in [0.25, 0.3) is 0 Å². The van der Waals surface area contributed by atoms with Gasteiger partial charge in [-0.1, -0.05) is 45.3 Å². The zero-order chi connectivity index (χ0) is 20.0. The molecule has 0 aromatic heterocycles. The standard InChI is InChI=1S/C21H31O3P.C2H6/c1-5-6-7-8-15-12-18-20(19(13-15)24-25-22)16-11-14(2)9-10-17(16)21(3,4)23-18;1-2/h11-13,16-17,22,25H,5-10H2,1-4H3;1-2H3. The molecule has 1 heterocycles. The third-order valence-corrected chi connectivity index (χ3v) is 6.05. The maximum Gasteiger partial charge on any atom is 0.212 e. The zero-order valence-corrected chi connectivity index (χ0v) is 18.9. The van der Waals surface area contributed by atoms with Crippen LogP contribution in [0.4, 0.5) is 0 Å². The Kier molecular flexibility index (Phi) is 8.19. The van der Waals surface area contributed by atoms with Crippen molar-refractivity contribution in [2.75, 3.05) is 0 Å². The van der Waals surface area contributed by atoms with Gasteiger partial charge in [-0.15, -0.1) is 0 Å². The largest absolute Gasteiger partial charge is 0.487 e. The number of aryl methyl sites for hydroxylation is 1. The van der Waals surface area contributed by atoms with E-state index in [1.807, 2.05) is 13.8 Å². The van der Waals surface area contributed by atoms with Crippen molar-refractivity contribution in [2.45, 2.75) is 91.6 Å². The molecular weight excluding hydrogens is 355 g/mol. The predicted molar refractivity (Wildman–Crippen MR) is 116 cm³/mol. The smallest absolute Gasteiger partial charge is 0.212 e. The Hall–Kier alpha value is -1.05. The Morgan fingerprint density at radius 3 is 2.67 bits per heavy atom. The Balaban J connectivity index is 0.00000126. The van der Waals surface area contributed by atoms with Gasteiger partial charge in [0, 0.05) is 17.4 Å². The van der Waals surface area contributed by atoms with E-state index >= 15 is 0 Å². The van der Waals surface area contributed by atoms with Gasteiger partial charge in [0.2, 0.25) is 9.03 Å². The highest BCUT2D eigenvalue weighted by Gasteiger charge is 2.45. The molecule has 4 heteroatoms. The van der Waals surface area contributed by atoms with E-state index in [0.717, 1.165) is 36.3 Å². The third-order valence-electron chi connectivity index (χ3n) is 5.74. The molecule has 0 fully saturated rings. The average Bonchev–Trinajstić information content (AvgIpc) is 2.63. The van der Waals surface area contributed by atoms with Gasteiger partial charge in [0.1, 0.15) is 17.1 Å². The van der Waals surface area contributed by atoms with Crippen molar-refractivity contribution in [3.63, 3.8) is 0 Å². The molecule has 1 N–H and O–H groups in total. The first-order valence-corrected chi connectivity index (χ1v) is 11.4. The van der Waals surface area contributed by atoms with Crippen molar-refractivity contribution >= 4 is 9.03 Å². The van der Waals surface area contributed by atoms with Gasteiger partial charge < -0.3 is 14.2 Å². The fourth-order valence-corrected chi connectivity index (χ4v) is 4.69. The van der Waals surface area contributed by atoms with E-state index in [1.165, 1.54) is 30.4 Å². The van der Waals surface area contributed by atoms with Crippen LogP contribution in [0, 0.1) is 5.92 Å². The first kappa shape index (κ1) is 22.2. The normalized spacial score (nSPS) is 22.9. The van der Waals surface area contributed by atoms with Crippen molar-refractivity contribution in [3.8, 4) is 11.5 Å². The molecule has 1 aromatic carbocycles. The van der Waals surface area contributed by atoms with Crippen LogP contribution in [-0.2, 0) is 6.42 Å². The first-order chi connectivity index (χ1) is 13.0. The molecule has 0 amide bonds. The summed E-state index contributed by atoms with van der Waals surface area (Å²) < 4.78 is 12.1. The van der Waals surface area contributed by atoms with Crippen LogP contribution in [0.15, 0.2) is 23.8 Å². The summed E-state index contributed by atoms with van der Waals surface area (Å²) in [6.07, 6.45) is 9.30. The Morgan fingerprint density at radius 1 is 1.26 bits per heavy atom. The fraction of sp³-hybridized carbons (Fsp3) is 0.652. The second-order valence-corrected chi connectivity index (χ2v) is 8.43. The molecule has 1 aliphatic heterocycles. The summed E-state index contributed by atoms with van der Waals surface area (Å²) >= 11 is 0. The lowest BCUT2D eigenvalue weighted by molar-refractivity contribution is 0.0110. The summed E-state index contributed by atoms with van der Waals surface area (Å²) in [5, 5.41) is 0. The molecule has 0 saturated carbocycles. The van der Waals surface area contributed by atoms with E-state index in [9.17, 15) is 4.89 Å². The SMILES string of the molecule is CC.CCCCCc1cc(OPO)c2c(c1)OC(C)(C)C1CCC(C)=CC21. The van der Waals surface area contributed by atoms with Crippen LogP contribution < -0.4 is 9.26 Å². The molecular formula is C23H37O3P. The molecule has 2 aliphatic rings. The van der Waals surface area contributed by atoms with Crippen LogP contribution in [0.2, 0.25) is 0 Å². The van der Waals surface area contributed by atoms with Crippen molar-refractivity contribution in [1.82, 2.24) is 0 Å². The van der Waals surface area contributed by atoms with Crippen LogP contribution in [-0.4, -0.2) is 10.5 Å². The highest BCUT2D eigenvalue weighted by Crippen LogP contribution is 2.54. The molecule has 3 unspecified atom stereocenters. The number of fused-ring (bicyclic) bond motifs is 3. The molecule has 3 atom stereocenters. The second kappa shape index (κ2) is 9.94. The van der Waals surface area contributed by atoms with Gasteiger partial charge in [0.05, 0.1) is 0 Å². The van der Waals surface area contributed by atoms with Crippen molar-refractivity contribution < 1.29 is 14.2 Å². The second-order valence-electron chi connectivity index (χ2n) is 8.05. The number of rotatable bonds is 6. The van der Waals surface area contributed by atoms with Crippen LogP contribution in [0.5, 0.6) is 11.5 Å². The van der Waals surface area contributed by atoms with Crippen molar-refractivity contribution in [1.29, 1.82) is 0 Å². The van der Waals surface area contributed by atoms with Crippen molar-refractivity contribution in [2.24, 2.45) is 5.92 Å². The Labute approximate surface area is 167 Å². The van der Waals surface area contributed by atoms with E-state index in [-0.39, 0.29) is 5.60 Å². The monoisotopic (exact) mass is 392 g/mol. The number of ether oxygens (including phenoxy) is 1. The first-order valence-electron chi connectivity index (χ1n) is 10.5. The quantitative estimate of drug-likeness (QED) is 0.324. The van der Waals surface area contributed by atoms with Gasteiger partial charge in [-0.3, -0.25) is 0 Å². The minimum atomic E-state index is -0.539. The number of hydrogen-bond acceptors (Lipinski definition) is 3. The number of hydrogen-bond donors (Lipinski definition) is 1. The van der Waals surface area contributed by atoms with E-state index in [0.29, 0.717) is 11.8 Å². The minimum Gasteiger partial charge on any atom is -0.487 e. The summed E-state index contributed by atoms with van der Waals surface area (Å²) in [4.78, 5) is 9.43. The molecule has 1 aromatic rings. The predicted octanol–water partition coefficient (Wildman–Crippen LogP) is 6.94. The lowest BCUT2D eigenvalue weighted by Crippen LogP contribution is -2.45. The average molecular weight is 393 g/mol. The summed E-state index contributed by atoms with van der Waals surface area (Å²) in [5.41, 5.74) is 3.63. The highest BCUT2D eigenvalue weighted by molar-refractivity contribution is 7.25. The van der Waals surface area contributed by atoms with E-state index in [2.05, 4.69) is 45.9 Å². The number of allylic oxidation sites excluding steroid dienone is 2. The van der Waals surface area contributed by atoms with E-state index in [4.69, 9.17) is 9.26 Å². The summed E-state index contributed by atoms with van der Waals surface area (Å²) in [6, 6.07) is 4.32. The summed E-state index contributed by atoms with van der Waals surface area (Å²) in [5.74, 6) is 2.50. The summed E-state index contributed by atoms with van der Waals surface area (Å²) in [6.45, 7) is 12.9. The van der Waals surface area contributed by atoms with Gasteiger partial charge in [-0.05, 0) is 64.2 Å². The maximum absolute atomic E-state index is 9.43. The molecule has 0 bridgehead atoms. The number of benzene rings is 1. The van der Waals surface area contributed by atoms with Crippen LogP contribution in [0.25, 0.3) is 0 Å². The molecule has 3 rings (SSSR count). The molecule has 3 nitrogen and oxygen atoms in total. The van der Waals surface area contributed by atoms with Crippen LogP contribution in [0.1, 0.15) is 90.7 Å². The van der Waals surface area contributed by atoms with Gasteiger partial charge in [-0.2, -0.15) is 0 Å². The molecule has 0 spiro atoms. The minimum absolute atomic E-state index is 0.185. The summed E-state index contributed by atoms with van der Waals surface area (Å²) in [7, 11) is -0.539. The molecule has 0 radical (unpaired) electrons. The fourth-order valence-electron chi connectivity index (χ4n) is 4.42. The topological polar surface area (TPSA) is 38.7 Å². The van der Waals surface area contributed by atoms with Gasteiger partial charge >= 0.3 is 0 Å². The van der Waals surface area contributed by atoms with Crippen molar-refractivity contribution in [3.05, 3.63) is 34.9 Å². The molecule has 1 aliphatic carbocycles. The van der Waals surface area contributed by atoms with E-state index < -0.39 is 9.03 Å². The van der Waals surface area contributed by atoms with E-state index in [1.54, 1.807) is 0 Å². The molecule has 27 heavy (non-hydrogen) atoms. The number of unbranched alkanes of at least 4 members (excludes halogenated alkanes) is 2. The van der Waals surface area contributed by atoms with Crippen LogP contribution in [0.3, 0.4) is 0 Å². The zero-order valence-electron chi connectivity index (χ0n) is 17.9.